The van der Waals surface area contributed by atoms with Crippen molar-refractivity contribution in [3.05, 3.63) is 39.9 Å². The Morgan fingerprint density at radius 1 is 1.46 bits per heavy atom. The average Bonchev–Trinajstić information content (AvgIpc) is 3.19. The van der Waals surface area contributed by atoms with Crippen LogP contribution in [0.2, 0.25) is 0 Å². The molecule has 0 spiro atoms. The number of amides is 1. The Morgan fingerprint density at radius 3 is 2.79 bits per heavy atom. The first-order valence-electron chi connectivity index (χ1n) is 7.67. The quantitative estimate of drug-likeness (QED) is 0.867. The summed E-state index contributed by atoms with van der Waals surface area (Å²) < 4.78 is 31.3. The minimum atomic E-state index is -3.43. The predicted octanol–water partition coefficient (Wildman–Crippen LogP) is 1.77. The van der Waals surface area contributed by atoms with E-state index in [1.165, 1.54) is 15.6 Å². The number of thiophene rings is 1. The molecule has 1 saturated heterocycles. The van der Waals surface area contributed by atoms with Gasteiger partial charge in [-0.15, -0.1) is 0 Å². The number of sulfonamides is 1. The van der Waals surface area contributed by atoms with E-state index in [2.05, 4.69) is 10.5 Å². The van der Waals surface area contributed by atoms with Crippen LogP contribution in [0, 0.1) is 6.92 Å². The molecule has 0 aromatic carbocycles. The van der Waals surface area contributed by atoms with Crippen molar-refractivity contribution in [2.75, 3.05) is 13.1 Å². The topological polar surface area (TPSA) is 92.5 Å². The fraction of sp³-hybridized carbons (Fsp3) is 0.467. The summed E-state index contributed by atoms with van der Waals surface area (Å²) in [7, 11) is -3.43. The molecule has 1 fully saturated rings. The van der Waals surface area contributed by atoms with E-state index in [4.69, 9.17) is 4.52 Å². The third-order valence-corrected chi connectivity index (χ3v) is 6.45. The molecule has 3 heterocycles. The maximum Gasteiger partial charge on any atom is 0.252 e. The molecular formula is C15H19N3O4S2. The van der Waals surface area contributed by atoms with Crippen molar-refractivity contribution < 1.29 is 17.7 Å². The van der Waals surface area contributed by atoms with E-state index >= 15 is 0 Å². The van der Waals surface area contributed by atoms with Crippen molar-refractivity contribution in [3.8, 4) is 0 Å². The van der Waals surface area contributed by atoms with E-state index < -0.39 is 10.0 Å². The molecule has 1 amide bonds. The van der Waals surface area contributed by atoms with Gasteiger partial charge in [0.05, 0.1) is 5.69 Å². The monoisotopic (exact) mass is 369 g/mol. The van der Waals surface area contributed by atoms with E-state index in [0.717, 1.165) is 0 Å². The van der Waals surface area contributed by atoms with Crippen LogP contribution in [0.5, 0.6) is 0 Å². The van der Waals surface area contributed by atoms with Crippen molar-refractivity contribution in [1.29, 1.82) is 0 Å². The second-order valence-corrected chi connectivity index (χ2v) is 8.60. The average molecular weight is 369 g/mol. The Balaban J connectivity index is 1.53. The molecule has 0 bridgehead atoms. The van der Waals surface area contributed by atoms with E-state index in [0.29, 0.717) is 42.9 Å². The first-order chi connectivity index (χ1) is 11.4. The molecule has 1 aliphatic rings. The van der Waals surface area contributed by atoms with Gasteiger partial charge in [0.2, 0.25) is 10.0 Å². The fourth-order valence-electron chi connectivity index (χ4n) is 2.70. The number of hydrogen-bond acceptors (Lipinski definition) is 6. The minimum absolute atomic E-state index is 0.00336. The SMILES string of the molecule is Cc1cc(CS(=O)(=O)N2CCC(NC(=O)c3ccsc3)CC2)on1. The lowest BCUT2D eigenvalue weighted by Crippen LogP contribution is -2.46. The van der Waals surface area contributed by atoms with Gasteiger partial charge in [-0.25, -0.2) is 12.7 Å². The van der Waals surface area contributed by atoms with Crippen LogP contribution in [0.25, 0.3) is 0 Å². The molecule has 0 atom stereocenters. The molecule has 0 aliphatic carbocycles. The zero-order valence-corrected chi connectivity index (χ0v) is 14.9. The normalized spacial score (nSPS) is 17.0. The molecule has 9 heteroatoms. The summed E-state index contributed by atoms with van der Waals surface area (Å²) in [5.74, 6) is 0.0647. The van der Waals surface area contributed by atoms with Gasteiger partial charge >= 0.3 is 0 Å². The van der Waals surface area contributed by atoms with Gasteiger partial charge in [-0.05, 0) is 31.2 Å². The molecular weight excluding hydrogens is 350 g/mol. The number of nitrogens with zero attached hydrogens (tertiary/aromatic N) is 2. The highest BCUT2D eigenvalue weighted by molar-refractivity contribution is 7.88. The molecule has 1 aliphatic heterocycles. The summed E-state index contributed by atoms with van der Waals surface area (Å²) in [5.41, 5.74) is 1.31. The maximum atomic E-state index is 12.4. The van der Waals surface area contributed by atoms with E-state index in [1.807, 2.05) is 5.38 Å². The van der Waals surface area contributed by atoms with Crippen molar-refractivity contribution >= 4 is 27.3 Å². The van der Waals surface area contributed by atoms with Gasteiger partial charge in [0.1, 0.15) is 5.75 Å². The van der Waals surface area contributed by atoms with E-state index in [1.54, 1.807) is 24.4 Å². The summed E-state index contributed by atoms with van der Waals surface area (Å²) in [6.07, 6.45) is 1.20. The molecule has 0 saturated carbocycles. The van der Waals surface area contributed by atoms with Crippen LogP contribution >= 0.6 is 11.3 Å². The zero-order chi connectivity index (χ0) is 17.2. The first-order valence-corrected chi connectivity index (χ1v) is 10.2. The smallest absolute Gasteiger partial charge is 0.252 e. The molecule has 7 nitrogen and oxygen atoms in total. The Morgan fingerprint density at radius 2 is 2.21 bits per heavy atom. The standard InChI is InChI=1S/C15H19N3O4S2/c1-11-8-14(22-17-11)10-24(20,21)18-5-2-13(3-6-18)16-15(19)12-4-7-23-9-12/h4,7-9,13H,2-3,5-6,10H2,1H3,(H,16,19). The molecule has 2 aromatic rings. The van der Waals surface area contributed by atoms with Crippen LogP contribution < -0.4 is 5.32 Å². The van der Waals surface area contributed by atoms with E-state index in [9.17, 15) is 13.2 Å². The van der Waals surface area contributed by atoms with Crippen LogP contribution in [0.4, 0.5) is 0 Å². The number of aryl methyl sites for hydroxylation is 1. The van der Waals surface area contributed by atoms with Gasteiger partial charge in [0, 0.05) is 36.1 Å². The Hall–Kier alpha value is -1.71. The van der Waals surface area contributed by atoms with Crippen molar-refractivity contribution in [2.24, 2.45) is 0 Å². The Labute approximate surface area is 144 Å². The van der Waals surface area contributed by atoms with Gasteiger partial charge in [-0.1, -0.05) is 5.16 Å². The third kappa shape index (κ3) is 4.03. The zero-order valence-electron chi connectivity index (χ0n) is 13.3. The van der Waals surface area contributed by atoms with Gasteiger partial charge < -0.3 is 9.84 Å². The predicted molar refractivity (Wildman–Crippen MR) is 90.2 cm³/mol. The summed E-state index contributed by atoms with van der Waals surface area (Å²) >= 11 is 1.47. The lowest BCUT2D eigenvalue weighted by molar-refractivity contribution is 0.0924. The summed E-state index contributed by atoms with van der Waals surface area (Å²) in [6, 6.07) is 3.40. The highest BCUT2D eigenvalue weighted by atomic mass is 32.2. The fourth-order valence-corrected chi connectivity index (χ4v) is 4.78. The molecule has 130 valence electrons. The second kappa shape index (κ2) is 7.04. The van der Waals surface area contributed by atoms with Gasteiger partial charge in [0.15, 0.2) is 5.76 Å². The first kappa shape index (κ1) is 17.1. The molecule has 0 unspecified atom stereocenters. The molecule has 2 aromatic heterocycles. The second-order valence-electron chi connectivity index (χ2n) is 5.85. The van der Waals surface area contributed by atoms with Crippen LogP contribution in [0.1, 0.15) is 34.7 Å². The number of hydrogen-bond donors (Lipinski definition) is 1. The summed E-state index contributed by atoms with van der Waals surface area (Å²) in [5, 5.41) is 10.3. The molecule has 1 N–H and O–H groups in total. The number of carbonyl (C=O) groups excluding carboxylic acids is 1. The Kier molecular flexibility index (Phi) is 5.02. The minimum Gasteiger partial charge on any atom is -0.360 e. The van der Waals surface area contributed by atoms with Crippen LogP contribution in [-0.4, -0.2) is 42.9 Å². The van der Waals surface area contributed by atoms with Gasteiger partial charge in [-0.3, -0.25) is 4.79 Å². The highest BCUT2D eigenvalue weighted by Crippen LogP contribution is 2.18. The molecule has 3 rings (SSSR count). The lowest BCUT2D eigenvalue weighted by atomic mass is 10.1. The van der Waals surface area contributed by atoms with Crippen molar-refractivity contribution in [1.82, 2.24) is 14.8 Å². The van der Waals surface area contributed by atoms with Crippen LogP contribution in [0.3, 0.4) is 0 Å². The van der Waals surface area contributed by atoms with Crippen LogP contribution in [0.15, 0.2) is 27.4 Å². The number of piperidine rings is 1. The third-order valence-electron chi connectivity index (χ3n) is 3.97. The van der Waals surface area contributed by atoms with Crippen molar-refractivity contribution in [3.63, 3.8) is 0 Å². The van der Waals surface area contributed by atoms with Gasteiger partial charge in [0.25, 0.3) is 5.91 Å². The number of nitrogens with one attached hydrogen (secondary N) is 1. The van der Waals surface area contributed by atoms with E-state index in [-0.39, 0.29) is 17.7 Å². The summed E-state index contributed by atoms with van der Waals surface area (Å²) in [4.78, 5) is 12.0. The molecule has 0 radical (unpaired) electrons. The van der Waals surface area contributed by atoms with Gasteiger partial charge in [-0.2, -0.15) is 11.3 Å². The van der Waals surface area contributed by atoms with Crippen molar-refractivity contribution in [2.45, 2.75) is 31.6 Å². The number of rotatable bonds is 5. The maximum absolute atomic E-state index is 12.4. The molecule has 24 heavy (non-hydrogen) atoms. The lowest BCUT2D eigenvalue weighted by Gasteiger charge is -2.31. The number of carbonyl (C=O) groups is 1. The largest absolute Gasteiger partial charge is 0.360 e. The Bertz CT molecular complexity index is 791. The summed E-state index contributed by atoms with van der Waals surface area (Å²) in [6.45, 7) is 2.54. The number of aromatic nitrogens is 1. The van der Waals surface area contributed by atoms with Crippen LogP contribution in [-0.2, 0) is 15.8 Å². The highest BCUT2D eigenvalue weighted by Gasteiger charge is 2.29.